The minimum absolute atomic E-state index is 0.225. The summed E-state index contributed by atoms with van der Waals surface area (Å²) < 4.78 is 0. The predicted octanol–water partition coefficient (Wildman–Crippen LogP) is 2.41. The van der Waals surface area contributed by atoms with Crippen molar-refractivity contribution in [2.24, 2.45) is 0 Å². The third-order valence-corrected chi connectivity index (χ3v) is 2.32. The molecule has 0 saturated carbocycles. The number of aliphatic hydroxyl groups is 1. The zero-order valence-corrected chi connectivity index (χ0v) is 9.27. The molecule has 4 nitrogen and oxygen atoms in total. The molecule has 0 amide bonds. The highest BCUT2D eigenvalue weighted by atomic mass is 16.4. The number of hydrogen-bond acceptors (Lipinski definition) is 3. The van der Waals surface area contributed by atoms with Crippen molar-refractivity contribution >= 4 is 11.7 Å². The summed E-state index contributed by atoms with van der Waals surface area (Å²) in [5.41, 5.74) is 0.758. The zero-order valence-electron chi connectivity index (χ0n) is 9.27. The van der Waals surface area contributed by atoms with E-state index in [9.17, 15) is 9.90 Å². The van der Waals surface area contributed by atoms with Gasteiger partial charge in [0.15, 0.2) is 0 Å². The quantitative estimate of drug-likeness (QED) is 0.473. The molecule has 2 N–H and O–H groups in total. The highest BCUT2D eigenvalue weighted by molar-refractivity contribution is 5.98. The van der Waals surface area contributed by atoms with Gasteiger partial charge in [0.25, 0.3) is 0 Å². The van der Waals surface area contributed by atoms with E-state index >= 15 is 0 Å². The van der Waals surface area contributed by atoms with Crippen molar-refractivity contribution in [2.75, 3.05) is 0 Å². The van der Waals surface area contributed by atoms with Crippen molar-refractivity contribution in [2.45, 2.75) is 6.92 Å². The number of carboxylic acid groups (broad SMARTS) is 1. The van der Waals surface area contributed by atoms with Crippen LogP contribution in [0.1, 0.15) is 16.7 Å². The Balaban J connectivity index is 3.60. The van der Waals surface area contributed by atoms with Crippen molar-refractivity contribution in [1.29, 1.82) is 5.26 Å². The summed E-state index contributed by atoms with van der Waals surface area (Å²) in [5.74, 6) is -1.73. The van der Waals surface area contributed by atoms with Crippen LogP contribution in [0.25, 0.3) is 5.76 Å². The first-order valence-electron chi connectivity index (χ1n) is 4.82. The highest BCUT2D eigenvalue weighted by Crippen LogP contribution is 2.24. The van der Waals surface area contributed by atoms with Crippen molar-refractivity contribution in [3.8, 4) is 6.07 Å². The lowest BCUT2D eigenvalue weighted by Gasteiger charge is -2.08. The maximum absolute atomic E-state index is 10.9. The van der Waals surface area contributed by atoms with Crippen LogP contribution in [0.2, 0.25) is 0 Å². The third kappa shape index (κ3) is 2.34. The summed E-state index contributed by atoms with van der Waals surface area (Å²) in [7, 11) is 0. The number of carboxylic acids is 1. The van der Waals surface area contributed by atoms with Gasteiger partial charge in [-0.25, -0.2) is 4.79 Å². The number of hydrogen-bond donors (Lipinski definition) is 2. The largest absolute Gasteiger partial charge is 0.506 e. The minimum Gasteiger partial charge on any atom is -0.506 e. The van der Waals surface area contributed by atoms with E-state index in [0.29, 0.717) is 5.56 Å². The molecular formula is C13H11NO3. The van der Waals surface area contributed by atoms with E-state index in [2.05, 4.69) is 6.58 Å². The Kier molecular flexibility index (Phi) is 3.68. The van der Waals surface area contributed by atoms with Gasteiger partial charge in [-0.15, -0.1) is 0 Å². The Labute approximate surface area is 98.7 Å². The molecule has 1 aromatic rings. The number of benzene rings is 1. The summed E-state index contributed by atoms with van der Waals surface area (Å²) in [5, 5.41) is 27.7. The van der Waals surface area contributed by atoms with Gasteiger partial charge >= 0.3 is 5.97 Å². The second-order valence-electron chi connectivity index (χ2n) is 3.38. The molecule has 0 spiro atoms. The third-order valence-electron chi connectivity index (χ3n) is 2.32. The van der Waals surface area contributed by atoms with Crippen LogP contribution in [0.15, 0.2) is 36.4 Å². The molecule has 0 fully saturated rings. The first-order chi connectivity index (χ1) is 8.02. The van der Waals surface area contributed by atoms with Crippen LogP contribution >= 0.6 is 0 Å². The molecule has 0 atom stereocenters. The second kappa shape index (κ2) is 4.99. The molecule has 86 valence electrons. The average Bonchev–Trinajstić information content (AvgIpc) is 2.28. The molecular weight excluding hydrogens is 218 g/mol. The highest BCUT2D eigenvalue weighted by Gasteiger charge is 2.17. The molecule has 0 bridgehead atoms. The molecule has 0 saturated heterocycles. The maximum atomic E-state index is 10.9. The fourth-order valence-corrected chi connectivity index (χ4v) is 1.50. The van der Waals surface area contributed by atoms with Gasteiger partial charge in [0.2, 0.25) is 0 Å². The molecule has 1 aromatic carbocycles. The topological polar surface area (TPSA) is 81.3 Å². The number of nitrogens with zero attached hydrogens (tertiary/aromatic N) is 1. The summed E-state index contributed by atoms with van der Waals surface area (Å²) in [4.78, 5) is 10.9. The standard InChI is InChI=1S/C13H11NO3/c1-3-10(13(16)17)12(15)11-8(2)5-4-6-9(11)7-14/h3-6,15H,1H2,2H3,(H,16,17)/b12-10-. The van der Waals surface area contributed by atoms with Gasteiger partial charge in [0.1, 0.15) is 11.3 Å². The average molecular weight is 229 g/mol. The van der Waals surface area contributed by atoms with E-state index in [1.54, 1.807) is 19.1 Å². The van der Waals surface area contributed by atoms with Gasteiger partial charge in [-0.05, 0) is 18.6 Å². The van der Waals surface area contributed by atoms with E-state index in [-0.39, 0.29) is 16.7 Å². The van der Waals surface area contributed by atoms with E-state index in [1.807, 2.05) is 6.07 Å². The SMILES string of the molecule is C=C/C(C(=O)O)=C(/O)c1c(C)cccc1C#N. The molecule has 0 aromatic heterocycles. The number of rotatable bonds is 3. The van der Waals surface area contributed by atoms with Crippen LogP contribution in [0, 0.1) is 18.3 Å². The molecule has 0 aliphatic heterocycles. The van der Waals surface area contributed by atoms with Gasteiger partial charge in [-0.2, -0.15) is 5.26 Å². The van der Waals surface area contributed by atoms with Crippen LogP contribution in [0.5, 0.6) is 0 Å². The molecule has 4 heteroatoms. The van der Waals surface area contributed by atoms with Crippen molar-refractivity contribution in [3.63, 3.8) is 0 Å². The molecule has 17 heavy (non-hydrogen) atoms. The Morgan fingerprint density at radius 1 is 1.47 bits per heavy atom. The van der Waals surface area contributed by atoms with E-state index in [0.717, 1.165) is 6.08 Å². The fraction of sp³-hybridized carbons (Fsp3) is 0.0769. The number of nitriles is 1. The second-order valence-corrected chi connectivity index (χ2v) is 3.38. The van der Waals surface area contributed by atoms with E-state index < -0.39 is 11.7 Å². The first kappa shape index (κ1) is 12.5. The monoisotopic (exact) mass is 229 g/mol. The fourth-order valence-electron chi connectivity index (χ4n) is 1.50. The Morgan fingerprint density at radius 2 is 2.12 bits per heavy atom. The Morgan fingerprint density at radius 3 is 2.59 bits per heavy atom. The lowest BCUT2D eigenvalue weighted by Crippen LogP contribution is -2.04. The zero-order chi connectivity index (χ0) is 13.0. The smallest absolute Gasteiger partial charge is 0.339 e. The van der Waals surface area contributed by atoms with Gasteiger partial charge in [0, 0.05) is 5.56 Å². The maximum Gasteiger partial charge on any atom is 0.339 e. The van der Waals surface area contributed by atoms with Crippen LogP contribution in [-0.4, -0.2) is 16.2 Å². The summed E-state index contributed by atoms with van der Waals surface area (Å²) in [6, 6.07) is 6.78. The van der Waals surface area contributed by atoms with Crippen molar-refractivity contribution in [3.05, 3.63) is 53.1 Å². The molecule has 1 rings (SSSR count). The molecule has 0 aliphatic rings. The van der Waals surface area contributed by atoms with Gasteiger partial charge in [-0.3, -0.25) is 0 Å². The molecule has 0 aliphatic carbocycles. The van der Waals surface area contributed by atoms with Crippen molar-refractivity contribution < 1.29 is 15.0 Å². The lowest BCUT2D eigenvalue weighted by molar-refractivity contribution is -0.132. The minimum atomic E-state index is -1.29. The van der Waals surface area contributed by atoms with Crippen LogP contribution in [0.3, 0.4) is 0 Å². The summed E-state index contributed by atoms with van der Waals surface area (Å²) in [6.07, 6.45) is 1.05. The number of aryl methyl sites for hydroxylation is 1. The molecule has 0 unspecified atom stereocenters. The number of aliphatic hydroxyl groups excluding tert-OH is 1. The Bertz CT molecular complexity index is 550. The predicted molar refractivity (Wildman–Crippen MR) is 63.3 cm³/mol. The van der Waals surface area contributed by atoms with Gasteiger partial charge < -0.3 is 10.2 Å². The number of carbonyl (C=O) groups is 1. The number of aliphatic carboxylic acids is 1. The van der Waals surface area contributed by atoms with E-state index in [1.165, 1.54) is 6.07 Å². The summed E-state index contributed by atoms with van der Waals surface area (Å²) in [6.45, 7) is 5.02. The molecule has 0 heterocycles. The normalized spacial score (nSPS) is 11.3. The van der Waals surface area contributed by atoms with Crippen LogP contribution < -0.4 is 0 Å². The first-order valence-corrected chi connectivity index (χ1v) is 4.82. The van der Waals surface area contributed by atoms with Crippen molar-refractivity contribution in [1.82, 2.24) is 0 Å². The summed E-state index contributed by atoms with van der Waals surface area (Å²) >= 11 is 0. The van der Waals surface area contributed by atoms with Gasteiger partial charge in [0.05, 0.1) is 11.6 Å². The Hall–Kier alpha value is -2.54. The van der Waals surface area contributed by atoms with Crippen LogP contribution in [0.4, 0.5) is 0 Å². The van der Waals surface area contributed by atoms with E-state index in [4.69, 9.17) is 10.4 Å². The van der Waals surface area contributed by atoms with Gasteiger partial charge in [-0.1, -0.05) is 24.8 Å². The molecule has 0 radical (unpaired) electrons. The lowest BCUT2D eigenvalue weighted by atomic mass is 9.98. The van der Waals surface area contributed by atoms with Crippen LogP contribution in [-0.2, 0) is 4.79 Å².